The van der Waals surface area contributed by atoms with Gasteiger partial charge in [0.2, 0.25) is 0 Å². The zero-order chi connectivity index (χ0) is 29.6. The molecule has 0 saturated carbocycles. The van der Waals surface area contributed by atoms with Crippen LogP contribution in [0.3, 0.4) is 0 Å². The zero-order valence-corrected chi connectivity index (χ0v) is 23.0. The van der Waals surface area contributed by atoms with Crippen molar-refractivity contribution < 1.29 is 24.2 Å². The molecule has 0 fully saturated rings. The van der Waals surface area contributed by atoms with E-state index in [4.69, 9.17) is 4.74 Å². The number of benzene rings is 5. The molecule has 5 aromatic carbocycles. The first-order valence-electron chi connectivity index (χ1n) is 13.3. The Hall–Kier alpha value is -5.69. The fourth-order valence-electron chi connectivity index (χ4n) is 4.26. The van der Waals surface area contributed by atoms with Crippen molar-refractivity contribution in [3.63, 3.8) is 0 Å². The molecule has 0 aromatic heterocycles. The molecule has 0 aliphatic rings. The molecule has 0 bridgehead atoms. The molecule has 0 atom stereocenters. The summed E-state index contributed by atoms with van der Waals surface area (Å²) in [5.41, 5.74) is 5.75. The number of esters is 1. The Balaban J connectivity index is 1.25. The van der Waals surface area contributed by atoms with Gasteiger partial charge in [0.1, 0.15) is 11.5 Å². The fraction of sp³-hybridized carbons (Fsp3) is 0.0571. The van der Waals surface area contributed by atoms with Crippen LogP contribution in [0.2, 0.25) is 0 Å². The Kier molecular flexibility index (Phi) is 8.11. The normalized spacial score (nSPS) is 10.5. The van der Waals surface area contributed by atoms with Gasteiger partial charge in [0.15, 0.2) is 0 Å². The second kappa shape index (κ2) is 12.2. The van der Waals surface area contributed by atoms with Crippen LogP contribution in [0.1, 0.15) is 42.2 Å². The van der Waals surface area contributed by atoms with Crippen LogP contribution in [0.5, 0.6) is 11.5 Å². The van der Waals surface area contributed by atoms with E-state index in [1.807, 2.05) is 38.1 Å². The molecule has 0 radical (unpaired) electrons. The second-order valence-electron chi connectivity index (χ2n) is 9.85. The van der Waals surface area contributed by atoms with Crippen LogP contribution in [-0.2, 0) is 0 Å². The number of ether oxygens (including phenoxy) is 1. The van der Waals surface area contributed by atoms with Crippen LogP contribution in [0.15, 0.2) is 115 Å². The number of rotatable bonds is 7. The molecule has 0 unspecified atom stereocenters. The number of phenols is 1. The Morgan fingerprint density at radius 1 is 0.619 bits per heavy atom. The van der Waals surface area contributed by atoms with E-state index < -0.39 is 11.9 Å². The third-order valence-electron chi connectivity index (χ3n) is 6.68. The van der Waals surface area contributed by atoms with Gasteiger partial charge >= 0.3 is 5.97 Å². The average Bonchev–Trinajstić information content (AvgIpc) is 3.00. The number of phenolic OH excluding ortho intramolecular Hbond substituents is 1. The van der Waals surface area contributed by atoms with Gasteiger partial charge in [-0.25, -0.2) is 4.79 Å². The van der Waals surface area contributed by atoms with E-state index in [0.29, 0.717) is 22.7 Å². The van der Waals surface area contributed by atoms with Gasteiger partial charge in [0, 0.05) is 22.5 Å². The first kappa shape index (κ1) is 27.9. The molecule has 7 nitrogen and oxygen atoms in total. The van der Waals surface area contributed by atoms with Crippen LogP contribution in [0, 0.1) is 13.8 Å². The summed E-state index contributed by atoms with van der Waals surface area (Å²) < 4.78 is 5.42. The lowest BCUT2D eigenvalue weighted by Gasteiger charge is -2.12. The van der Waals surface area contributed by atoms with E-state index in [0.717, 1.165) is 22.3 Å². The van der Waals surface area contributed by atoms with Crippen LogP contribution >= 0.6 is 0 Å². The van der Waals surface area contributed by atoms with E-state index in [1.54, 1.807) is 84.9 Å². The molecule has 5 rings (SSSR count). The van der Waals surface area contributed by atoms with Gasteiger partial charge in [-0.15, -0.1) is 0 Å². The molecule has 2 amide bonds. The summed E-state index contributed by atoms with van der Waals surface area (Å²) in [4.78, 5) is 38.6. The van der Waals surface area contributed by atoms with Crippen molar-refractivity contribution in [3.05, 3.63) is 143 Å². The molecule has 0 spiro atoms. The molecular formula is C35H28N2O5. The lowest BCUT2D eigenvalue weighted by atomic mass is 10.0. The highest BCUT2D eigenvalue weighted by Gasteiger charge is 2.14. The highest BCUT2D eigenvalue weighted by Crippen LogP contribution is 2.25. The van der Waals surface area contributed by atoms with Crippen molar-refractivity contribution in [2.45, 2.75) is 13.8 Å². The maximum Gasteiger partial charge on any atom is 0.343 e. The molecular weight excluding hydrogens is 528 g/mol. The molecule has 42 heavy (non-hydrogen) atoms. The minimum Gasteiger partial charge on any atom is -0.508 e. The topological polar surface area (TPSA) is 105 Å². The summed E-state index contributed by atoms with van der Waals surface area (Å²) in [7, 11) is 0. The van der Waals surface area contributed by atoms with E-state index in [2.05, 4.69) is 10.6 Å². The van der Waals surface area contributed by atoms with Crippen molar-refractivity contribution in [3.8, 4) is 22.6 Å². The number of amides is 2. The van der Waals surface area contributed by atoms with Gasteiger partial charge in [-0.1, -0.05) is 54.1 Å². The van der Waals surface area contributed by atoms with Crippen LogP contribution in [0.4, 0.5) is 11.4 Å². The van der Waals surface area contributed by atoms with Gasteiger partial charge < -0.3 is 20.5 Å². The number of hydrogen-bond donors (Lipinski definition) is 3. The number of carbonyl (C=O) groups is 3. The minimum absolute atomic E-state index is 0.190. The summed E-state index contributed by atoms with van der Waals surface area (Å²) in [6, 6.07) is 32.6. The highest BCUT2D eigenvalue weighted by atomic mass is 16.5. The largest absolute Gasteiger partial charge is 0.508 e. The zero-order valence-electron chi connectivity index (χ0n) is 23.0. The Labute approximate surface area is 243 Å². The van der Waals surface area contributed by atoms with Crippen molar-refractivity contribution in [2.24, 2.45) is 0 Å². The van der Waals surface area contributed by atoms with E-state index in [9.17, 15) is 19.5 Å². The highest BCUT2D eigenvalue weighted by molar-refractivity contribution is 6.07. The predicted molar refractivity (Wildman–Crippen MR) is 163 cm³/mol. The lowest BCUT2D eigenvalue weighted by Crippen LogP contribution is -2.15. The Morgan fingerprint density at radius 3 is 1.93 bits per heavy atom. The van der Waals surface area contributed by atoms with Gasteiger partial charge in [0.05, 0.1) is 5.56 Å². The van der Waals surface area contributed by atoms with E-state index in [-0.39, 0.29) is 22.8 Å². The third kappa shape index (κ3) is 6.71. The molecule has 0 heterocycles. The van der Waals surface area contributed by atoms with Crippen LogP contribution in [0.25, 0.3) is 11.1 Å². The Bertz CT molecular complexity index is 1760. The smallest absolute Gasteiger partial charge is 0.343 e. The number of carbonyl (C=O) groups excluding carboxylic acids is 3. The van der Waals surface area contributed by atoms with Crippen molar-refractivity contribution in [1.29, 1.82) is 0 Å². The van der Waals surface area contributed by atoms with Gasteiger partial charge in [-0.05, 0) is 97.3 Å². The molecule has 0 aliphatic heterocycles. The van der Waals surface area contributed by atoms with Crippen molar-refractivity contribution in [1.82, 2.24) is 0 Å². The average molecular weight is 557 g/mol. The van der Waals surface area contributed by atoms with Gasteiger partial charge in [0.25, 0.3) is 11.8 Å². The molecule has 5 aromatic rings. The van der Waals surface area contributed by atoms with Crippen molar-refractivity contribution >= 4 is 29.2 Å². The Morgan fingerprint density at radius 2 is 1.24 bits per heavy atom. The number of anilines is 2. The maximum absolute atomic E-state index is 13.0. The quantitative estimate of drug-likeness (QED) is 0.143. The van der Waals surface area contributed by atoms with E-state index in [1.165, 1.54) is 6.07 Å². The fourth-order valence-corrected chi connectivity index (χ4v) is 4.26. The molecule has 208 valence electrons. The van der Waals surface area contributed by atoms with Gasteiger partial charge in [-0.2, -0.15) is 0 Å². The number of nitrogens with one attached hydrogen (secondary N) is 2. The summed E-state index contributed by atoms with van der Waals surface area (Å²) >= 11 is 0. The predicted octanol–water partition coefficient (Wildman–Crippen LogP) is 7.40. The standard InChI is InChI=1S/C35H28N2O5/c1-22-6-18-31(19-7-22)42-35(41)28-5-3-4-27(20-28)34(40)36-29-15-8-23(2)32(21-29)37-33(39)26-11-9-24(10-12-26)25-13-16-30(38)17-14-25/h3-21,38H,1-2H3,(H,36,40)(H,37,39). The summed E-state index contributed by atoms with van der Waals surface area (Å²) in [6.07, 6.45) is 0. The lowest BCUT2D eigenvalue weighted by molar-refractivity contribution is 0.0734. The first-order valence-corrected chi connectivity index (χ1v) is 13.3. The number of aryl methyl sites for hydroxylation is 2. The van der Waals surface area contributed by atoms with Crippen LogP contribution < -0.4 is 15.4 Å². The number of hydrogen-bond acceptors (Lipinski definition) is 5. The second-order valence-corrected chi connectivity index (χ2v) is 9.85. The monoisotopic (exact) mass is 556 g/mol. The summed E-state index contributed by atoms with van der Waals surface area (Å²) in [6.45, 7) is 3.80. The summed E-state index contributed by atoms with van der Waals surface area (Å²) in [5.74, 6) is -0.659. The van der Waals surface area contributed by atoms with Crippen molar-refractivity contribution in [2.75, 3.05) is 10.6 Å². The van der Waals surface area contributed by atoms with E-state index >= 15 is 0 Å². The third-order valence-corrected chi connectivity index (χ3v) is 6.68. The molecule has 3 N–H and O–H groups in total. The summed E-state index contributed by atoms with van der Waals surface area (Å²) in [5, 5.41) is 15.2. The molecule has 7 heteroatoms. The minimum atomic E-state index is -0.565. The molecule has 0 saturated heterocycles. The first-order chi connectivity index (χ1) is 20.2. The van der Waals surface area contributed by atoms with Crippen LogP contribution in [-0.4, -0.2) is 22.9 Å². The SMILES string of the molecule is Cc1ccc(OC(=O)c2cccc(C(=O)Nc3ccc(C)c(NC(=O)c4ccc(-c5ccc(O)cc5)cc4)c3)c2)cc1. The maximum atomic E-state index is 13.0. The van der Waals surface area contributed by atoms with Gasteiger partial charge in [-0.3, -0.25) is 9.59 Å². The molecule has 0 aliphatic carbocycles. The number of aromatic hydroxyl groups is 1.